The van der Waals surface area contributed by atoms with Crippen LogP contribution in [0.15, 0.2) is 249 Å². The summed E-state index contributed by atoms with van der Waals surface area (Å²) < 4.78 is 0. The number of rotatable bonds is 8. The van der Waals surface area contributed by atoms with E-state index in [-0.39, 0.29) is 5.41 Å². The molecule has 0 aromatic heterocycles. The molecule has 12 rings (SSSR count). The van der Waals surface area contributed by atoms with Gasteiger partial charge >= 0.3 is 0 Å². The second-order valence-electron chi connectivity index (χ2n) is 18.0. The van der Waals surface area contributed by atoms with Crippen LogP contribution in [0, 0.1) is 0 Å². The molecule has 0 spiro atoms. The summed E-state index contributed by atoms with van der Waals surface area (Å²) in [5.74, 6) is 0. The average molecular weight is 830 g/mol. The molecule has 10 aromatic carbocycles. The molecule has 0 saturated heterocycles. The molecule has 0 fully saturated rings. The molecule has 0 amide bonds. The molecule has 0 heterocycles. The maximum absolute atomic E-state index is 2.47. The van der Waals surface area contributed by atoms with Crippen LogP contribution in [-0.2, 0) is 10.8 Å². The van der Waals surface area contributed by atoms with Gasteiger partial charge in [0.05, 0.1) is 11.1 Å². The third kappa shape index (κ3) is 6.15. The Morgan fingerprint density at radius 3 is 1.29 bits per heavy atom. The van der Waals surface area contributed by atoms with E-state index in [9.17, 15) is 0 Å². The molecule has 1 heteroatoms. The van der Waals surface area contributed by atoms with Crippen molar-refractivity contribution < 1.29 is 0 Å². The summed E-state index contributed by atoms with van der Waals surface area (Å²) in [6, 6.07) is 91.9. The van der Waals surface area contributed by atoms with E-state index >= 15 is 0 Å². The van der Waals surface area contributed by atoms with Crippen LogP contribution < -0.4 is 4.90 Å². The second-order valence-corrected chi connectivity index (χ2v) is 18.0. The number of benzene rings is 10. The standard InChI is InChI=1S/C64H47N/c1-63(2)57-25-14-12-23-54(57)55-42-37-49(43-60(55)63)48-35-40-53(41-36-48)65(52-38-33-47(34-39-52)46-31-29-45(30-32-46)44-17-6-3-7-18-44)61-28-16-27-59-62(61)56-24-13-15-26-58(56)64(59,50-19-8-4-9-20-50)51-21-10-5-11-22-51/h3-43H,1-2H3. The van der Waals surface area contributed by atoms with E-state index < -0.39 is 5.41 Å². The van der Waals surface area contributed by atoms with Gasteiger partial charge in [0.25, 0.3) is 0 Å². The van der Waals surface area contributed by atoms with E-state index in [0.29, 0.717) is 0 Å². The SMILES string of the molecule is CC1(C)c2ccccc2-c2ccc(-c3ccc(N(c4ccc(-c5ccc(-c6ccccc6)cc5)cc4)c4cccc5c4-c4ccccc4C5(c4ccccc4)c4ccccc4)cc3)cc21. The van der Waals surface area contributed by atoms with Gasteiger partial charge in [0.2, 0.25) is 0 Å². The minimum absolute atomic E-state index is 0.0620. The van der Waals surface area contributed by atoms with Crippen molar-refractivity contribution in [3.63, 3.8) is 0 Å². The molecule has 0 atom stereocenters. The van der Waals surface area contributed by atoms with Gasteiger partial charge in [-0.25, -0.2) is 0 Å². The van der Waals surface area contributed by atoms with Crippen LogP contribution in [0.4, 0.5) is 17.1 Å². The van der Waals surface area contributed by atoms with Crippen LogP contribution in [-0.4, -0.2) is 0 Å². The van der Waals surface area contributed by atoms with Crippen molar-refractivity contribution in [1.29, 1.82) is 0 Å². The van der Waals surface area contributed by atoms with Crippen molar-refractivity contribution in [2.75, 3.05) is 4.90 Å². The van der Waals surface area contributed by atoms with Gasteiger partial charge in [-0.05, 0) is 120 Å². The fourth-order valence-electron chi connectivity index (χ4n) is 11.1. The normalized spacial score (nSPS) is 13.6. The van der Waals surface area contributed by atoms with Crippen LogP contribution in [0.1, 0.15) is 47.2 Å². The Morgan fingerprint density at radius 2 is 0.708 bits per heavy atom. The van der Waals surface area contributed by atoms with E-state index in [0.717, 1.165) is 17.1 Å². The number of hydrogen-bond acceptors (Lipinski definition) is 1. The summed E-state index contributed by atoms with van der Waals surface area (Å²) in [5, 5.41) is 0. The molecule has 0 unspecified atom stereocenters. The predicted octanol–water partition coefficient (Wildman–Crippen LogP) is 16.8. The molecule has 2 aliphatic carbocycles. The van der Waals surface area contributed by atoms with Crippen molar-refractivity contribution >= 4 is 17.1 Å². The molecule has 65 heavy (non-hydrogen) atoms. The van der Waals surface area contributed by atoms with E-state index in [1.54, 1.807) is 0 Å². The highest BCUT2D eigenvalue weighted by Crippen LogP contribution is 2.59. The molecule has 0 bridgehead atoms. The van der Waals surface area contributed by atoms with Crippen LogP contribution >= 0.6 is 0 Å². The Bertz CT molecular complexity index is 3310. The second kappa shape index (κ2) is 15.4. The highest BCUT2D eigenvalue weighted by molar-refractivity contribution is 5.98. The van der Waals surface area contributed by atoms with Gasteiger partial charge in [-0.3, -0.25) is 0 Å². The summed E-state index contributed by atoms with van der Waals surface area (Å²) in [4.78, 5) is 2.47. The lowest BCUT2D eigenvalue weighted by atomic mass is 9.68. The molecule has 0 aliphatic heterocycles. The molecule has 308 valence electrons. The maximum atomic E-state index is 2.47. The van der Waals surface area contributed by atoms with E-state index in [1.165, 1.54) is 89.0 Å². The van der Waals surface area contributed by atoms with Crippen molar-refractivity contribution in [1.82, 2.24) is 0 Å². The van der Waals surface area contributed by atoms with Crippen molar-refractivity contribution in [2.24, 2.45) is 0 Å². The zero-order chi connectivity index (χ0) is 43.5. The topological polar surface area (TPSA) is 3.24 Å². The zero-order valence-corrected chi connectivity index (χ0v) is 36.6. The number of hydrogen-bond donors (Lipinski definition) is 0. The first-order valence-corrected chi connectivity index (χ1v) is 22.8. The van der Waals surface area contributed by atoms with Gasteiger partial charge < -0.3 is 4.90 Å². The minimum atomic E-state index is -0.503. The lowest BCUT2D eigenvalue weighted by Crippen LogP contribution is -2.28. The van der Waals surface area contributed by atoms with Gasteiger partial charge in [0.15, 0.2) is 0 Å². The largest absolute Gasteiger partial charge is 0.310 e. The molecular formula is C64H47N. The average Bonchev–Trinajstić information content (AvgIpc) is 3.81. The lowest BCUT2D eigenvalue weighted by Gasteiger charge is -2.34. The van der Waals surface area contributed by atoms with Crippen molar-refractivity contribution in [2.45, 2.75) is 24.7 Å². The fraction of sp³-hybridized carbons (Fsp3) is 0.0625. The van der Waals surface area contributed by atoms with Crippen molar-refractivity contribution in [3.05, 3.63) is 282 Å². The maximum Gasteiger partial charge on any atom is 0.0714 e. The number of anilines is 3. The highest BCUT2D eigenvalue weighted by atomic mass is 15.1. The molecule has 1 nitrogen and oxygen atoms in total. The third-order valence-electron chi connectivity index (χ3n) is 14.2. The first-order valence-electron chi connectivity index (χ1n) is 22.8. The molecule has 2 aliphatic rings. The van der Waals surface area contributed by atoms with Gasteiger partial charge in [0.1, 0.15) is 0 Å². The first kappa shape index (κ1) is 38.7. The van der Waals surface area contributed by atoms with E-state index in [4.69, 9.17) is 0 Å². The van der Waals surface area contributed by atoms with Gasteiger partial charge in [-0.1, -0.05) is 226 Å². The molecule has 0 N–H and O–H groups in total. The third-order valence-corrected chi connectivity index (χ3v) is 14.2. The van der Waals surface area contributed by atoms with Gasteiger partial charge in [-0.15, -0.1) is 0 Å². The summed E-state index contributed by atoms with van der Waals surface area (Å²) >= 11 is 0. The van der Waals surface area contributed by atoms with Crippen molar-refractivity contribution in [3.8, 4) is 55.6 Å². The minimum Gasteiger partial charge on any atom is -0.310 e. The Hall–Kier alpha value is -8.00. The van der Waals surface area contributed by atoms with Crippen LogP contribution in [0.25, 0.3) is 55.6 Å². The number of nitrogens with zero attached hydrogens (tertiary/aromatic N) is 1. The predicted molar refractivity (Wildman–Crippen MR) is 272 cm³/mol. The molecular weight excluding hydrogens is 783 g/mol. The van der Waals surface area contributed by atoms with E-state index in [1.807, 2.05) is 0 Å². The van der Waals surface area contributed by atoms with Crippen LogP contribution in [0.3, 0.4) is 0 Å². The summed E-state index contributed by atoms with van der Waals surface area (Å²) in [6.45, 7) is 4.71. The quantitative estimate of drug-likeness (QED) is 0.147. The Kier molecular flexibility index (Phi) is 9.14. The van der Waals surface area contributed by atoms with Crippen LogP contribution in [0.2, 0.25) is 0 Å². The zero-order valence-electron chi connectivity index (χ0n) is 36.6. The Morgan fingerprint density at radius 1 is 0.292 bits per heavy atom. The molecule has 10 aromatic rings. The molecule has 0 radical (unpaired) electrons. The van der Waals surface area contributed by atoms with E-state index in [2.05, 4.69) is 267 Å². The Balaban J connectivity index is 1.01. The van der Waals surface area contributed by atoms with Crippen LogP contribution in [0.5, 0.6) is 0 Å². The smallest absolute Gasteiger partial charge is 0.0714 e. The first-order chi connectivity index (χ1) is 32.0. The monoisotopic (exact) mass is 829 g/mol. The van der Waals surface area contributed by atoms with Gasteiger partial charge in [-0.2, -0.15) is 0 Å². The highest BCUT2D eigenvalue weighted by Gasteiger charge is 2.47. The lowest BCUT2D eigenvalue weighted by molar-refractivity contribution is 0.660. The summed E-state index contributed by atoms with van der Waals surface area (Å²) in [5.41, 5.74) is 23.1. The van der Waals surface area contributed by atoms with Gasteiger partial charge in [0, 0.05) is 22.4 Å². The Labute approximate surface area is 382 Å². The summed E-state index contributed by atoms with van der Waals surface area (Å²) in [7, 11) is 0. The fourth-order valence-corrected chi connectivity index (χ4v) is 11.1. The number of fused-ring (bicyclic) bond motifs is 6. The molecule has 0 saturated carbocycles. The summed E-state index contributed by atoms with van der Waals surface area (Å²) in [6.07, 6.45) is 0.